The Labute approximate surface area is 91.5 Å². The van der Waals surface area contributed by atoms with Gasteiger partial charge < -0.3 is 10.6 Å². The van der Waals surface area contributed by atoms with Crippen LogP contribution in [0.15, 0.2) is 4.99 Å². The molecule has 0 radical (unpaired) electrons. The zero-order valence-electron chi connectivity index (χ0n) is 9.82. The molecule has 1 aliphatic heterocycles. The molecule has 5 nitrogen and oxygen atoms in total. The van der Waals surface area contributed by atoms with Crippen LogP contribution in [0.25, 0.3) is 0 Å². The zero-order chi connectivity index (χ0) is 11.4. The second-order valence-corrected chi connectivity index (χ2v) is 4.15. The lowest BCUT2D eigenvalue weighted by Crippen LogP contribution is -2.49. The van der Waals surface area contributed by atoms with Gasteiger partial charge in [0.1, 0.15) is 0 Å². The summed E-state index contributed by atoms with van der Waals surface area (Å²) in [5.41, 5.74) is 5.58. The van der Waals surface area contributed by atoms with Crippen molar-refractivity contribution < 1.29 is 0 Å². The fourth-order valence-electron chi connectivity index (χ4n) is 1.68. The standard InChI is InChI=1S/C10H21N5/c1-4-14-6-5-13-10(14)15(9(11)12)7-8(2)3/h8H,4-7H2,1-3H3,(H3,11,12). The lowest BCUT2D eigenvalue weighted by molar-refractivity contribution is 0.395. The van der Waals surface area contributed by atoms with E-state index in [9.17, 15) is 0 Å². The van der Waals surface area contributed by atoms with Crippen molar-refractivity contribution >= 4 is 11.9 Å². The Morgan fingerprint density at radius 1 is 1.67 bits per heavy atom. The molecule has 0 saturated carbocycles. The molecule has 0 aromatic rings. The Morgan fingerprint density at radius 2 is 2.33 bits per heavy atom. The highest BCUT2D eigenvalue weighted by molar-refractivity contribution is 5.97. The quantitative estimate of drug-likeness (QED) is 0.528. The summed E-state index contributed by atoms with van der Waals surface area (Å²) in [6.07, 6.45) is 0. The van der Waals surface area contributed by atoms with Gasteiger partial charge in [-0.25, -0.2) is 0 Å². The van der Waals surface area contributed by atoms with Crippen molar-refractivity contribution in [2.24, 2.45) is 16.6 Å². The Bertz CT molecular complexity index is 259. The van der Waals surface area contributed by atoms with Gasteiger partial charge in [0.25, 0.3) is 0 Å². The minimum Gasteiger partial charge on any atom is -0.370 e. The van der Waals surface area contributed by atoms with E-state index in [1.165, 1.54) is 0 Å². The molecule has 0 amide bonds. The molecule has 0 atom stereocenters. The molecular formula is C10H21N5. The number of nitrogens with one attached hydrogen (secondary N) is 1. The van der Waals surface area contributed by atoms with Crippen LogP contribution < -0.4 is 5.73 Å². The van der Waals surface area contributed by atoms with Gasteiger partial charge >= 0.3 is 0 Å². The average molecular weight is 211 g/mol. The maximum atomic E-state index is 7.57. The van der Waals surface area contributed by atoms with Gasteiger partial charge in [-0.1, -0.05) is 13.8 Å². The van der Waals surface area contributed by atoms with E-state index in [2.05, 4.69) is 30.7 Å². The summed E-state index contributed by atoms with van der Waals surface area (Å²) in [5.74, 6) is 1.41. The van der Waals surface area contributed by atoms with Crippen molar-refractivity contribution in [3.05, 3.63) is 0 Å². The number of aliphatic imine (C=N–C) groups is 1. The third-order valence-corrected chi connectivity index (χ3v) is 2.37. The molecule has 0 unspecified atom stereocenters. The zero-order valence-corrected chi connectivity index (χ0v) is 9.82. The third kappa shape index (κ3) is 2.84. The van der Waals surface area contributed by atoms with Gasteiger partial charge in [-0.2, -0.15) is 0 Å². The van der Waals surface area contributed by atoms with Crippen molar-refractivity contribution in [2.45, 2.75) is 20.8 Å². The topological polar surface area (TPSA) is 68.7 Å². The average Bonchev–Trinajstić information content (AvgIpc) is 2.60. The van der Waals surface area contributed by atoms with Gasteiger partial charge in [0.2, 0.25) is 5.96 Å². The van der Waals surface area contributed by atoms with Crippen LogP contribution in [0.4, 0.5) is 0 Å². The van der Waals surface area contributed by atoms with E-state index in [0.717, 1.165) is 32.1 Å². The highest BCUT2D eigenvalue weighted by atomic mass is 15.4. The van der Waals surface area contributed by atoms with Crippen LogP contribution in [-0.2, 0) is 0 Å². The third-order valence-electron chi connectivity index (χ3n) is 2.37. The highest BCUT2D eigenvalue weighted by Gasteiger charge is 2.23. The second-order valence-electron chi connectivity index (χ2n) is 4.15. The minimum absolute atomic E-state index is 0.0859. The first-order valence-electron chi connectivity index (χ1n) is 5.47. The maximum Gasteiger partial charge on any atom is 0.203 e. The Morgan fingerprint density at radius 3 is 2.80 bits per heavy atom. The molecule has 0 fully saturated rings. The van der Waals surface area contributed by atoms with Gasteiger partial charge in [0.05, 0.1) is 6.54 Å². The molecule has 0 saturated heterocycles. The lowest BCUT2D eigenvalue weighted by atomic mass is 10.2. The van der Waals surface area contributed by atoms with Crippen LogP contribution in [0.2, 0.25) is 0 Å². The van der Waals surface area contributed by atoms with Gasteiger partial charge in [-0.3, -0.25) is 15.3 Å². The fourth-order valence-corrected chi connectivity index (χ4v) is 1.68. The number of likely N-dealkylation sites (N-methyl/N-ethyl adjacent to an activating group) is 1. The number of hydrogen-bond donors (Lipinski definition) is 2. The van der Waals surface area contributed by atoms with Crippen molar-refractivity contribution in [1.29, 1.82) is 5.41 Å². The number of rotatable bonds is 3. The molecule has 0 bridgehead atoms. The summed E-state index contributed by atoms with van der Waals surface area (Å²) in [6, 6.07) is 0. The molecule has 0 aliphatic carbocycles. The molecule has 1 heterocycles. The van der Waals surface area contributed by atoms with E-state index in [4.69, 9.17) is 11.1 Å². The van der Waals surface area contributed by atoms with E-state index < -0.39 is 0 Å². The molecule has 3 N–H and O–H groups in total. The van der Waals surface area contributed by atoms with Crippen molar-refractivity contribution in [2.75, 3.05) is 26.2 Å². The minimum atomic E-state index is 0.0859. The summed E-state index contributed by atoms with van der Waals surface area (Å²) in [7, 11) is 0. The molecule has 0 aromatic carbocycles. The van der Waals surface area contributed by atoms with Crippen molar-refractivity contribution in [3.63, 3.8) is 0 Å². The Hall–Kier alpha value is -1.26. The lowest BCUT2D eigenvalue weighted by Gasteiger charge is -2.29. The van der Waals surface area contributed by atoms with Gasteiger partial charge in [0.15, 0.2) is 5.96 Å². The van der Waals surface area contributed by atoms with E-state index in [0.29, 0.717) is 5.92 Å². The van der Waals surface area contributed by atoms with Crippen molar-refractivity contribution in [1.82, 2.24) is 9.80 Å². The van der Waals surface area contributed by atoms with Crippen LogP contribution >= 0.6 is 0 Å². The first-order valence-corrected chi connectivity index (χ1v) is 5.47. The molecule has 0 spiro atoms. The van der Waals surface area contributed by atoms with E-state index in [1.807, 2.05) is 0 Å². The van der Waals surface area contributed by atoms with Crippen LogP contribution in [0.5, 0.6) is 0 Å². The van der Waals surface area contributed by atoms with E-state index in [-0.39, 0.29) is 5.96 Å². The number of guanidine groups is 2. The summed E-state index contributed by atoms with van der Waals surface area (Å²) in [5, 5.41) is 7.57. The van der Waals surface area contributed by atoms with Crippen LogP contribution in [0.1, 0.15) is 20.8 Å². The highest BCUT2D eigenvalue weighted by Crippen LogP contribution is 2.08. The normalized spacial score (nSPS) is 15.7. The number of hydrogen-bond acceptors (Lipinski definition) is 3. The largest absolute Gasteiger partial charge is 0.370 e. The summed E-state index contributed by atoms with van der Waals surface area (Å²) in [4.78, 5) is 8.36. The Balaban J connectivity index is 2.75. The molecule has 5 heteroatoms. The monoisotopic (exact) mass is 211 g/mol. The predicted molar refractivity (Wildman–Crippen MR) is 63.0 cm³/mol. The van der Waals surface area contributed by atoms with Gasteiger partial charge in [-0.05, 0) is 12.8 Å². The first-order chi connectivity index (χ1) is 7.06. The molecule has 1 rings (SSSR count). The van der Waals surface area contributed by atoms with Gasteiger partial charge in [0, 0.05) is 19.6 Å². The maximum absolute atomic E-state index is 7.57. The van der Waals surface area contributed by atoms with Crippen molar-refractivity contribution in [3.8, 4) is 0 Å². The summed E-state index contributed by atoms with van der Waals surface area (Å²) >= 11 is 0. The summed E-state index contributed by atoms with van der Waals surface area (Å²) < 4.78 is 0. The second kappa shape index (κ2) is 5.00. The SMILES string of the molecule is CCN1CCN=C1N(CC(C)C)C(=N)N. The molecule has 15 heavy (non-hydrogen) atoms. The first kappa shape index (κ1) is 11.8. The predicted octanol–water partition coefficient (Wildman–Crippen LogP) is 0.529. The number of nitrogens with zero attached hydrogens (tertiary/aromatic N) is 3. The number of nitrogens with two attached hydrogens (primary N) is 1. The smallest absolute Gasteiger partial charge is 0.203 e. The fraction of sp³-hybridized carbons (Fsp3) is 0.800. The van der Waals surface area contributed by atoms with E-state index in [1.54, 1.807) is 4.90 Å². The van der Waals surface area contributed by atoms with Crippen LogP contribution in [0.3, 0.4) is 0 Å². The van der Waals surface area contributed by atoms with E-state index >= 15 is 0 Å². The summed E-state index contributed by atoms with van der Waals surface area (Å²) in [6.45, 7) is 9.74. The van der Waals surface area contributed by atoms with Crippen LogP contribution in [-0.4, -0.2) is 47.9 Å². The molecular weight excluding hydrogens is 190 g/mol. The van der Waals surface area contributed by atoms with Crippen LogP contribution in [0, 0.1) is 11.3 Å². The molecule has 0 aromatic heterocycles. The van der Waals surface area contributed by atoms with Gasteiger partial charge in [-0.15, -0.1) is 0 Å². The molecule has 86 valence electrons. The Kier molecular flexibility index (Phi) is 3.94. The molecule has 1 aliphatic rings.